The van der Waals surface area contributed by atoms with Crippen molar-refractivity contribution in [2.75, 3.05) is 96.9 Å². The lowest BCUT2D eigenvalue weighted by Gasteiger charge is -2.52. The smallest absolute Gasteiger partial charge is 0.123 e. The zero-order valence-corrected chi connectivity index (χ0v) is 85.7. The second-order valence-corrected chi connectivity index (χ2v) is 44.3. The monoisotopic (exact) mass is 1890 g/mol. The summed E-state index contributed by atoms with van der Waals surface area (Å²) in [6.45, 7) is 9.76. The van der Waals surface area contributed by atoms with Crippen LogP contribution in [-0.4, -0.2) is 152 Å². The molecule has 141 heavy (non-hydrogen) atoms. The molecule has 0 bridgehead atoms. The molecule has 15 nitrogen and oxygen atoms in total. The Hall–Kier alpha value is -10.6. The summed E-state index contributed by atoms with van der Waals surface area (Å²) in [5.41, 5.74) is 28.6. The highest BCUT2D eigenvalue weighted by Crippen LogP contribution is 2.60. The predicted octanol–water partition coefficient (Wildman–Crippen LogP) is 26.1. The van der Waals surface area contributed by atoms with Gasteiger partial charge in [-0.05, 0) is 362 Å². The number of ether oxygens (including phenoxy) is 5. The van der Waals surface area contributed by atoms with Crippen molar-refractivity contribution in [1.29, 1.82) is 0 Å². The Labute approximate surface area is 833 Å². The summed E-state index contributed by atoms with van der Waals surface area (Å²) in [4.78, 5) is 26.8. The lowest BCUT2D eigenvalue weighted by Crippen LogP contribution is -2.51. The van der Waals surface area contributed by atoms with Crippen LogP contribution in [-0.2, 0) is 119 Å². The van der Waals surface area contributed by atoms with Gasteiger partial charge in [-0.3, -0.25) is 24.5 Å². The molecule has 10 aromatic carbocycles. The summed E-state index contributed by atoms with van der Waals surface area (Å²) in [6.07, 6.45) is 26.0. The number of aromatic amines is 4. The van der Waals surface area contributed by atoms with Crippen molar-refractivity contribution in [3.63, 3.8) is 0 Å². The Bertz CT molecular complexity index is 6790. The molecular formula is C124H146F2N10O5. The number of rotatable bonds is 10. The summed E-state index contributed by atoms with van der Waals surface area (Å²) in [6, 6.07) is 87.0. The summed E-state index contributed by atoms with van der Waals surface area (Å²) >= 11 is 0. The van der Waals surface area contributed by atoms with Gasteiger partial charge in [-0.1, -0.05) is 199 Å². The van der Waals surface area contributed by atoms with Crippen LogP contribution in [0.15, 0.2) is 249 Å². The van der Waals surface area contributed by atoms with Gasteiger partial charge in [-0.25, -0.2) is 8.78 Å². The van der Waals surface area contributed by atoms with Gasteiger partial charge in [0, 0.05) is 95.7 Å². The first-order chi connectivity index (χ1) is 68.1. The van der Waals surface area contributed by atoms with Gasteiger partial charge in [-0.2, -0.15) is 0 Å². The molecule has 4 N–H and O–H groups in total. The van der Waals surface area contributed by atoms with Gasteiger partial charge in [0.1, 0.15) is 39.6 Å². The fraction of sp³-hybridized carbons (Fsp3) is 0.435. The third kappa shape index (κ3) is 16.8. The zero-order valence-electron chi connectivity index (χ0n) is 85.7. The van der Waals surface area contributed by atoms with Crippen LogP contribution in [0.3, 0.4) is 0 Å². The lowest BCUT2D eigenvalue weighted by atomic mass is 9.67. The van der Waals surface area contributed by atoms with Gasteiger partial charge < -0.3 is 48.2 Å². The third-order valence-corrected chi connectivity index (χ3v) is 36.4. The van der Waals surface area contributed by atoms with Crippen LogP contribution in [0.1, 0.15) is 231 Å². The number of halogens is 2. The highest BCUT2D eigenvalue weighted by atomic mass is 19.1. The number of H-pyrrole nitrogens is 4. The van der Waals surface area contributed by atoms with Crippen LogP contribution in [0.4, 0.5) is 8.78 Å². The predicted molar refractivity (Wildman–Crippen MR) is 568 cm³/mol. The number of benzene rings is 10. The topological polar surface area (TPSA) is 130 Å². The van der Waals surface area contributed by atoms with Gasteiger partial charge in [0.25, 0.3) is 0 Å². The molecule has 0 amide bonds. The van der Waals surface area contributed by atoms with Gasteiger partial charge in [0.05, 0.1) is 61.0 Å². The van der Waals surface area contributed by atoms with Crippen LogP contribution in [0.5, 0.6) is 0 Å². The normalized spacial score (nSPS) is 27.9. The fourth-order valence-electron chi connectivity index (χ4n) is 28.5. The maximum atomic E-state index is 13.8. The molecule has 1 unspecified atom stereocenters. The number of nitrogens with one attached hydrogen (secondary N) is 4. The van der Waals surface area contributed by atoms with Crippen molar-refractivity contribution in [1.82, 2.24) is 49.0 Å². The lowest BCUT2D eigenvalue weighted by molar-refractivity contribution is -0.146. The minimum absolute atomic E-state index is 0.0333. The number of para-hydroxylation sites is 3. The van der Waals surface area contributed by atoms with Crippen molar-refractivity contribution in [2.45, 2.75) is 243 Å². The first-order valence-corrected chi connectivity index (χ1v) is 52.4. The molecule has 0 radical (unpaired) electrons. The van der Waals surface area contributed by atoms with Crippen molar-refractivity contribution in [2.24, 2.45) is 7.05 Å². The Morgan fingerprint density at radius 3 is 0.979 bits per heavy atom. The average molecular weight is 1890 g/mol. The fourth-order valence-corrected chi connectivity index (χ4v) is 28.5. The van der Waals surface area contributed by atoms with E-state index in [1.54, 1.807) is 18.2 Å². The summed E-state index contributed by atoms with van der Waals surface area (Å²) in [7, 11) is 24.3. The third-order valence-electron chi connectivity index (χ3n) is 36.4. The highest BCUT2D eigenvalue weighted by molar-refractivity contribution is 5.89. The first-order valence-electron chi connectivity index (χ1n) is 52.4. The molecule has 25 rings (SSSR count). The average Bonchev–Trinajstić information content (AvgIpc) is 1.63. The second kappa shape index (κ2) is 38.2. The van der Waals surface area contributed by atoms with E-state index >= 15 is 0 Å². The molecule has 5 aliphatic heterocycles. The van der Waals surface area contributed by atoms with Crippen LogP contribution in [0.2, 0.25) is 0 Å². The maximum absolute atomic E-state index is 13.8. The molecule has 17 heteroatoms. The number of hydrogen-bond donors (Lipinski definition) is 4. The SMILES string of the molecule is CC1Cc2c(n(C)c3ccccc23)C2(CCC(c3ccccc3)(N(C)C)CC2)O1.CN(C)C1(c2ccc(F)cc2)CCC2(CC1)OCCc1c2[nH]c2ccccc12.CN(C)C1(c2ccccc2)CCC2(CC1)OCCc1c2[nH]c2ccc(F)cc12.Cc1ccc2[nH]c3c(c2c1)CCOC31CCC(c2ccccc2)(N(C)C)CC1.Cc1cccc(C2(N(C)C)CCC3(CC2)OCCc2c3[nH]c3ccccc23)c1. The van der Waals surface area contributed by atoms with Crippen LogP contribution < -0.4 is 0 Å². The number of aryl methyl sites for hydroxylation is 3. The van der Waals surface area contributed by atoms with Gasteiger partial charge in [0.15, 0.2) is 0 Å². The number of hydrogen-bond acceptors (Lipinski definition) is 10. The number of aromatic nitrogens is 5. The summed E-state index contributed by atoms with van der Waals surface area (Å²) < 4.78 is 62.6. The van der Waals surface area contributed by atoms with E-state index < -0.39 is 0 Å². The van der Waals surface area contributed by atoms with E-state index in [1.807, 2.05) is 18.2 Å². The van der Waals surface area contributed by atoms with E-state index in [2.05, 4.69) is 354 Å². The number of fused-ring (bicyclic) bond motifs is 20. The molecule has 5 saturated carbocycles. The van der Waals surface area contributed by atoms with Gasteiger partial charge in [-0.15, -0.1) is 0 Å². The van der Waals surface area contributed by atoms with Crippen molar-refractivity contribution < 1.29 is 32.5 Å². The van der Waals surface area contributed by atoms with E-state index in [4.69, 9.17) is 23.7 Å². The minimum Gasteiger partial charge on any atom is -0.368 e. The van der Waals surface area contributed by atoms with Crippen molar-refractivity contribution >= 4 is 54.5 Å². The Morgan fingerprint density at radius 1 is 0.284 bits per heavy atom. The standard InChI is InChI=1S/C26H32N2O.2C25H30N2O.2C24H27FN2O/c1-19-18-22-21-12-8-9-13-23(21)28(4)24(22)26(29-19)16-14-25(15-17-26,27(2)3)20-10-6-5-7-11-20;1-18-7-6-8-19(17-18)24(27(2)3)12-14-25(15-13-24)23-21(11-16-28-25)20-9-4-5-10-22(20)26-23;1-18-9-10-22-21(17-18)20-11-16-28-25(23(20)26-22)14-12-24(13-15-25,27(2)3)19-7-5-4-6-8-19;1-27(2)23(17-7-9-18(25)10-8-17)12-14-24(15-13-23)22-20(11-16-28-24)19-5-3-4-6-21(19)26-22;1-27(2)23(17-6-4-3-5-7-17)11-13-24(14-12-23)22-19(10-15-28-24)20-16-18(25)8-9-21(20)26-22/h5-13,19H,14-18H2,1-4H3;2*4-10,17,26H,11-16H2,1-3H3;3-10,26H,11-16H2,1-2H3;3-9,16,26H,10-15H2,1-2H3. The molecule has 5 aromatic heterocycles. The Kier molecular flexibility index (Phi) is 26.1. The van der Waals surface area contributed by atoms with Crippen LogP contribution >= 0.6 is 0 Å². The molecule has 0 saturated heterocycles. The molecule has 10 aliphatic rings. The molecule has 15 aromatic rings. The molecule has 5 aliphatic carbocycles. The van der Waals surface area contributed by atoms with E-state index in [9.17, 15) is 8.78 Å². The molecular weight excluding hydrogens is 1750 g/mol. The molecule has 5 spiro atoms. The van der Waals surface area contributed by atoms with E-state index in [-0.39, 0.29) is 73.4 Å². The molecule has 736 valence electrons. The van der Waals surface area contributed by atoms with Crippen molar-refractivity contribution in [3.8, 4) is 0 Å². The van der Waals surface area contributed by atoms with Crippen molar-refractivity contribution in [3.05, 3.63) is 356 Å². The Morgan fingerprint density at radius 2 is 0.589 bits per heavy atom. The first kappa shape index (κ1) is 96.5. The van der Waals surface area contributed by atoms with E-state index in [0.29, 0.717) is 6.61 Å². The second-order valence-electron chi connectivity index (χ2n) is 44.3. The maximum Gasteiger partial charge on any atom is 0.123 e. The molecule has 1 atom stereocenters. The highest BCUT2D eigenvalue weighted by Gasteiger charge is 2.56. The Balaban J connectivity index is 0.000000104. The number of nitrogens with zero attached hydrogens (tertiary/aromatic N) is 6. The summed E-state index contributed by atoms with van der Waals surface area (Å²) in [5.74, 6) is -0.350. The van der Waals surface area contributed by atoms with Gasteiger partial charge in [0.2, 0.25) is 0 Å². The largest absolute Gasteiger partial charge is 0.368 e. The molecule has 5 fully saturated rings. The van der Waals surface area contributed by atoms with E-state index in [0.717, 1.165) is 191 Å². The summed E-state index contributed by atoms with van der Waals surface area (Å²) in [5, 5.41) is 6.54. The van der Waals surface area contributed by atoms with Crippen LogP contribution in [0, 0.1) is 25.5 Å². The molecule has 10 heterocycles. The quantitative estimate of drug-likeness (QED) is 0.105. The van der Waals surface area contributed by atoms with Crippen LogP contribution in [0.25, 0.3) is 54.5 Å². The minimum atomic E-state index is -0.280. The van der Waals surface area contributed by atoms with Gasteiger partial charge >= 0.3 is 0 Å². The zero-order chi connectivity index (χ0) is 97.6. The van der Waals surface area contributed by atoms with E-state index in [1.165, 1.54) is 145 Å².